The number of hydrogen-bond acceptors (Lipinski definition) is 3. The summed E-state index contributed by atoms with van der Waals surface area (Å²) in [7, 11) is 0. The van der Waals surface area contributed by atoms with Crippen LogP contribution >= 0.6 is 0 Å². The molecule has 124 valence electrons. The first-order chi connectivity index (χ1) is 12.3. The van der Waals surface area contributed by atoms with Gasteiger partial charge in [-0.2, -0.15) is 5.26 Å². The number of likely N-dealkylation sites (tertiary alicyclic amines) is 1. The average Bonchev–Trinajstić information content (AvgIpc) is 3.10. The first-order valence-electron chi connectivity index (χ1n) is 8.53. The predicted molar refractivity (Wildman–Crippen MR) is 96.0 cm³/mol. The van der Waals surface area contributed by atoms with Crippen molar-refractivity contribution in [3.63, 3.8) is 0 Å². The third-order valence-corrected chi connectivity index (χ3v) is 4.74. The summed E-state index contributed by atoms with van der Waals surface area (Å²) in [6, 6.07) is 11.8. The third-order valence-electron chi connectivity index (χ3n) is 4.74. The second-order valence-electron chi connectivity index (χ2n) is 6.37. The lowest BCUT2D eigenvalue weighted by Crippen LogP contribution is -2.35. The molecule has 5 heteroatoms. The van der Waals surface area contributed by atoms with Crippen LogP contribution in [0.5, 0.6) is 0 Å². The molecule has 1 amide bonds. The highest BCUT2D eigenvalue weighted by Gasteiger charge is 2.18. The molecule has 2 aromatic heterocycles. The van der Waals surface area contributed by atoms with Crippen LogP contribution in [0, 0.1) is 11.3 Å². The van der Waals surface area contributed by atoms with Crippen molar-refractivity contribution in [1.29, 1.82) is 5.26 Å². The predicted octanol–water partition coefficient (Wildman–Crippen LogP) is 3.73. The Kier molecular flexibility index (Phi) is 3.95. The standard InChI is InChI=1S/C20H18N4O/c21-11-17-13-23-19-18(17)10-16(12-22-19)14-5-4-6-15(9-14)20(25)24-7-2-1-3-8-24/h4-6,9-10,12-13H,1-3,7-8H2,(H,22,23). The molecule has 1 saturated heterocycles. The lowest BCUT2D eigenvalue weighted by atomic mass is 10.0. The van der Waals surface area contributed by atoms with Gasteiger partial charge in [-0.05, 0) is 43.0 Å². The highest BCUT2D eigenvalue weighted by molar-refractivity contribution is 5.96. The third kappa shape index (κ3) is 2.87. The number of nitrogens with one attached hydrogen (secondary N) is 1. The van der Waals surface area contributed by atoms with Crippen molar-refractivity contribution in [3.05, 3.63) is 53.9 Å². The Morgan fingerprint density at radius 1 is 1.16 bits per heavy atom. The quantitative estimate of drug-likeness (QED) is 0.778. The molecule has 1 fully saturated rings. The summed E-state index contributed by atoms with van der Waals surface area (Å²) in [6.07, 6.45) is 6.79. The van der Waals surface area contributed by atoms with Gasteiger partial charge >= 0.3 is 0 Å². The fourth-order valence-electron chi connectivity index (χ4n) is 3.37. The molecule has 25 heavy (non-hydrogen) atoms. The molecular formula is C20H18N4O. The van der Waals surface area contributed by atoms with Gasteiger partial charge in [-0.3, -0.25) is 4.79 Å². The van der Waals surface area contributed by atoms with E-state index in [4.69, 9.17) is 0 Å². The minimum atomic E-state index is 0.0925. The summed E-state index contributed by atoms with van der Waals surface area (Å²) in [5, 5.41) is 10.00. The van der Waals surface area contributed by atoms with Crippen LogP contribution in [-0.4, -0.2) is 33.9 Å². The number of aromatic nitrogens is 2. The molecule has 1 N–H and O–H groups in total. The maximum absolute atomic E-state index is 12.7. The van der Waals surface area contributed by atoms with Gasteiger partial charge in [0, 0.05) is 42.0 Å². The number of H-pyrrole nitrogens is 1. The molecule has 0 unspecified atom stereocenters. The Bertz CT molecular complexity index is 977. The molecule has 0 aliphatic carbocycles. The van der Waals surface area contributed by atoms with E-state index in [1.807, 2.05) is 35.2 Å². The second-order valence-corrected chi connectivity index (χ2v) is 6.37. The summed E-state index contributed by atoms with van der Waals surface area (Å²) in [5.41, 5.74) is 3.80. The summed E-state index contributed by atoms with van der Waals surface area (Å²) in [5.74, 6) is 0.0925. The monoisotopic (exact) mass is 330 g/mol. The Morgan fingerprint density at radius 2 is 2.00 bits per heavy atom. The zero-order chi connectivity index (χ0) is 17.2. The van der Waals surface area contributed by atoms with Crippen molar-refractivity contribution in [1.82, 2.24) is 14.9 Å². The number of amides is 1. The van der Waals surface area contributed by atoms with E-state index >= 15 is 0 Å². The number of carbonyl (C=O) groups excluding carboxylic acids is 1. The lowest BCUT2D eigenvalue weighted by Gasteiger charge is -2.26. The molecule has 0 radical (unpaired) electrons. The lowest BCUT2D eigenvalue weighted by molar-refractivity contribution is 0.0724. The number of carbonyl (C=O) groups is 1. The number of benzene rings is 1. The van der Waals surface area contributed by atoms with Crippen LogP contribution in [0.25, 0.3) is 22.2 Å². The van der Waals surface area contributed by atoms with Crippen molar-refractivity contribution in [2.45, 2.75) is 19.3 Å². The zero-order valence-electron chi connectivity index (χ0n) is 13.8. The van der Waals surface area contributed by atoms with Gasteiger partial charge in [-0.15, -0.1) is 0 Å². The van der Waals surface area contributed by atoms with Gasteiger partial charge in [-0.25, -0.2) is 4.98 Å². The van der Waals surface area contributed by atoms with Crippen LogP contribution in [0.4, 0.5) is 0 Å². The van der Waals surface area contributed by atoms with Crippen LogP contribution in [0.2, 0.25) is 0 Å². The van der Waals surface area contributed by atoms with Crippen molar-refractivity contribution in [3.8, 4) is 17.2 Å². The van der Waals surface area contributed by atoms with Crippen molar-refractivity contribution in [2.24, 2.45) is 0 Å². The number of hydrogen-bond donors (Lipinski definition) is 1. The van der Waals surface area contributed by atoms with Gasteiger partial charge < -0.3 is 9.88 Å². The van der Waals surface area contributed by atoms with Gasteiger partial charge in [0.2, 0.25) is 0 Å². The molecule has 4 rings (SSSR count). The van der Waals surface area contributed by atoms with E-state index in [2.05, 4.69) is 16.0 Å². The Labute approximate surface area is 145 Å². The maximum Gasteiger partial charge on any atom is 0.253 e. The van der Waals surface area contributed by atoms with E-state index in [0.717, 1.165) is 42.4 Å². The summed E-state index contributed by atoms with van der Waals surface area (Å²) >= 11 is 0. The van der Waals surface area contributed by atoms with Crippen LogP contribution in [0.3, 0.4) is 0 Å². The molecule has 0 saturated carbocycles. The van der Waals surface area contributed by atoms with E-state index in [0.29, 0.717) is 16.8 Å². The molecule has 3 heterocycles. The van der Waals surface area contributed by atoms with E-state index in [-0.39, 0.29) is 5.91 Å². The number of rotatable bonds is 2. The molecule has 0 bridgehead atoms. The van der Waals surface area contributed by atoms with Crippen molar-refractivity contribution < 1.29 is 4.79 Å². The first-order valence-corrected chi connectivity index (χ1v) is 8.53. The van der Waals surface area contributed by atoms with E-state index in [1.165, 1.54) is 6.42 Å². The Balaban J connectivity index is 1.69. The van der Waals surface area contributed by atoms with E-state index in [1.54, 1.807) is 12.4 Å². The Hall–Kier alpha value is -3.13. The normalized spacial score (nSPS) is 14.4. The molecule has 0 spiro atoms. The number of pyridine rings is 1. The number of fused-ring (bicyclic) bond motifs is 1. The van der Waals surface area contributed by atoms with Gasteiger partial charge in [-0.1, -0.05) is 12.1 Å². The molecule has 1 aliphatic rings. The molecule has 3 aromatic rings. The zero-order valence-corrected chi connectivity index (χ0v) is 13.8. The van der Waals surface area contributed by atoms with Crippen LogP contribution in [0.15, 0.2) is 42.7 Å². The minimum absolute atomic E-state index is 0.0925. The van der Waals surface area contributed by atoms with Crippen LogP contribution in [-0.2, 0) is 0 Å². The topological polar surface area (TPSA) is 72.8 Å². The highest BCUT2D eigenvalue weighted by atomic mass is 16.2. The fraction of sp³-hybridized carbons (Fsp3) is 0.250. The fourth-order valence-corrected chi connectivity index (χ4v) is 3.37. The number of nitriles is 1. The number of piperidine rings is 1. The van der Waals surface area contributed by atoms with Gasteiger partial charge in [0.1, 0.15) is 11.7 Å². The van der Waals surface area contributed by atoms with Gasteiger partial charge in [0.15, 0.2) is 0 Å². The second kappa shape index (κ2) is 6.40. The van der Waals surface area contributed by atoms with Gasteiger partial charge in [0.05, 0.1) is 5.56 Å². The van der Waals surface area contributed by atoms with Crippen molar-refractivity contribution >= 4 is 16.9 Å². The molecule has 0 atom stereocenters. The smallest absolute Gasteiger partial charge is 0.253 e. The Morgan fingerprint density at radius 3 is 2.80 bits per heavy atom. The molecular weight excluding hydrogens is 312 g/mol. The molecule has 1 aliphatic heterocycles. The highest BCUT2D eigenvalue weighted by Crippen LogP contribution is 2.25. The van der Waals surface area contributed by atoms with Crippen LogP contribution < -0.4 is 0 Å². The van der Waals surface area contributed by atoms with E-state index < -0.39 is 0 Å². The number of aromatic amines is 1. The first kappa shape index (κ1) is 15.4. The van der Waals surface area contributed by atoms with Gasteiger partial charge in [0.25, 0.3) is 5.91 Å². The number of nitrogens with zero attached hydrogens (tertiary/aromatic N) is 3. The van der Waals surface area contributed by atoms with Crippen molar-refractivity contribution in [2.75, 3.05) is 13.1 Å². The summed E-state index contributed by atoms with van der Waals surface area (Å²) < 4.78 is 0. The SMILES string of the molecule is N#Cc1c[nH]c2ncc(-c3cccc(C(=O)N4CCCCC4)c3)cc12. The summed E-state index contributed by atoms with van der Waals surface area (Å²) in [6.45, 7) is 1.68. The molecule has 1 aromatic carbocycles. The van der Waals surface area contributed by atoms with E-state index in [9.17, 15) is 10.1 Å². The maximum atomic E-state index is 12.7. The average molecular weight is 330 g/mol. The molecule has 5 nitrogen and oxygen atoms in total. The van der Waals surface area contributed by atoms with Crippen LogP contribution in [0.1, 0.15) is 35.2 Å². The largest absolute Gasteiger partial charge is 0.345 e. The minimum Gasteiger partial charge on any atom is -0.345 e. The summed E-state index contributed by atoms with van der Waals surface area (Å²) in [4.78, 5) is 22.0.